The third-order valence-electron chi connectivity index (χ3n) is 4.78. The van der Waals surface area contributed by atoms with Crippen molar-refractivity contribution in [2.75, 3.05) is 19.5 Å². The number of methoxy groups -OCH3 is 2. The van der Waals surface area contributed by atoms with Crippen molar-refractivity contribution in [1.29, 1.82) is 0 Å². The van der Waals surface area contributed by atoms with Crippen molar-refractivity contribution in [3.8, 4) is 11.5 Å². The molecule has 0 radical (unpaired) electrons. The number of rotatable bonds is 5. The Hall–Kier alpha value is -2.61. The van der Waals surface area contributed by atoms with E-state index in [4.69, 9.17) is 9.47 Å². The Morgan fingerprint density at radius 2 is 2.00 bits per heavy atom. The summed E-state index contributed by atoms with van der Waals surface area (Å²) in [7, 11) is 3.03. The Morgan fingerprint density at radius 3 is 2.64 bits per heavy atom. The Labute approximate surface area is 170 Å². The van der Waals surface area contributed by atoms with E-state index in [1.807, 2.05) is 0 Å². The Bertz CT molecular complexity index is 894. The molecule has 2 aliphatic rings. The summed E-state index contributed by atoms with van der Waals surface area (Å²) in [6, 6.07) is 3.34. The van der Waals surface area contributed by atoms with Crippen molar-refractivity contribution in [2.24, 2.45) is 11.8 Å². The van der Waals surface area contributed by atoms with E-state index in [1.165, 1.54) is 32.6 Å². The van der Waals surface area contributed by atoms with Crippen molar-refractivity contribution >= 4 is 33.4 Å². The van der Waals surface area contributed by atoms with Crippen molar-refractivity contribution in [1.82, 2.24) is 5.32 Å². The molecule has 1 aromatic carbocycles. The molecule has 2 amide bonds. The van der Waals surface area contributed by atoms with Crippen LogP contribution in [0, 0.1) is 11.8 Å². The molecule has 3 rings (SSSR count). The monoisotopic (exact) mass is 450 g/mol. The maximum atomic E-state index is 13.3. The minimum Gasteiger partial charge on any atom is -0.493 e. The van der Waals surface area contributed by atoms with Crippen LogP contribution in [0.15, 0.2) is 52.4 Å². The highest BCUT2D eigenvalue weighted by Crippen LogP contribution is 2.38. The molecular formula is C20H20BrFN2O4. The molecule has 1 aromatic rings. The number of hydrogen-bond acceptors (Lipinski definition) is 4. The second-order valence-corrected chi connectivity index (χ2v) is 7.32. The van der Waals surface area contributed by atoms with Crippen LogP contribution < -0.4 is 20.1 Å². The van der Waals surface area contributed by atoms with Crippen LogP contribution in [-0.4, -0.2) is 26.0 Å². The minimum atomic E-state index is -0.346. The first-order valence-electron chi connectivity index (χ1n) is 8.69. The average molecular weight is 451 g/mol. The first-order valence-corrected chi connectivity index (χ1v) is 9.48. The second kappa shape index (κ2) is 8.60. The summed E-state index contributed by atoms with van der Waals surface area (Å²) in [6.07, 6.45) is 6.59. The predicted octanol–water partition coefficient (Wildman–Crippen LogP) is 3.85. The number of anilines is 1. The van der Waals surface area contributed by atoms with Gasteiger partial charge in [0.25, 0.3) is 5.91 Å². The van der Waals surface area contributed by atoms with Gasteiger partial charge in [-0.2, -0.15) is 0 Å². The van der Waals surface area contributed by atoms with Gasteiger partial charge in [-0.15, -0.1) is 0 Å². The lowest BCUT2D eigenvalue weighted by atomic mass is 9.78. The van der Waals surface area contributed by atoms with Crippen LogP contribution in [0.25, 0.3) is 0 Å². The maximum absolute atomic E-state index is 13.3. The molecule has 2 atom stereocenters. The standard InChI is InChI=1S/C20H20BrFN2O4/c1-27-17-8-15(21)16(9-18(17)28-2)24-20(26)14-10-23-19(25)7-13(14)11-3-5-12(22)6-4-11/h3,5-6,8-11,13H,4,7H2,1-2H3,(H,23,25)(H,24,26)/t11?,13-/m1/s1. The molecule has 1 aliphatic carbocycles. The van der Waals surface area contributed by atoms with Gasteiger partial charge in [0.1, 0.15) is 5.83 Å². The van der Waals surface area contributed by atoms with E-state index in [9.17, 15) is 14.0 Å². The van der Waals surface area contributed by atoms with Crippen LogP contribution in [0.2, 0.25) is 0 Å². The molecule has 28 heavy (non-hydrogen) atoms. The van der Waals surface area contributed by atoms with E-state index in [0.717, 1.165) is 0 Å². The molecule has 8 heteroatoms. The predicted molar refractivity (Wildman–Crippen MR) is 107 cm³/mol. The normalized spacial score (nSPS) is 21.4. The van der Waals surface area contributed by atoms with Crippen molar-refractivity contribution in [2.45, 2.75) is 12.8 Å². The van der Waals surface area contributed by atoms with Crippen LogP contribution in [0.4, 0.5) is 10.1 Å². The van der Waals surface area contributed by atoms with E-state index in [2.05, 4.69) is 26.6 Å². The molecule has 1 heterocycles. The van der Waals surface area contributed by atoms with Crippen LogP contribution in [0.5, 0.6) is 11.5 Å². The highest BCUT2D eigenvalue weighted by atomic mass is 79.9. The number of amides is 2. The van der Waals surface area contributed by atoms with Gasteiger partial charge in [-0.25, -0.2) is 4.39 Å². The zero-order valence-corrected chi connectivity index (χ0v) is 17.0. The average Bonchev–Trinajstić information content (AvgIpc) is 2.69. The van der Waals surface area contributed by atoms with Gasteiger partial charge in [-0.05, 0) is 40.4 Å². The Balaban J connectivity index is 1.84. The zero-order valence-electron chi connectivity index (χ0n) is 15.4. The molecule has 148 valence electrons. The maximum Gasteiger partial charge on any atom is 0.253 e. The summed E-state index contributed by atoms with van der Waals surface area (Å²) in [4.78, 5) is 24.8. The van der Waals surface area contributed by atoms with E-state index < -0.39 is 0 Å². The smallest absolute Gasteiger partial charge is 0.253 e. The van der Waals surface area contributed by atoms with Gasteiger partial charge in [-0.3, -0.25) is 9.59 Å². The van der Waals surface area contributed by atoms with Gasteiger partial charge in [0.2, 0.25) is 5.91 Å². The number of allylic oxidation sites excluding steroid dienone is 4. The number of nitrogens with one attached hydrogen (secondary N) is 2. The number of ether oxygens (including phenoxy) is 2. The molecule has 2 N–H and O–H groups in total. The lowest BCUT2D eigenvalue weighted by Crippen LogP contribution is -2.36. The van der Waals surface area contributed by atoms with Crippen molar-refractivity contribution in [3.63, 3.8) is 0 Å². The summed E-state index contributed by atoms with van der Waals surface area (Å²) in [5.41, 5.74) is 0.941. The van der Waals surface area contributed by atoms with E-state index in [0.29, 0.717) is 33.7 Å². The van der Waals surface area contributed by atoms with E-state index >= 15 is 0 Å². The molecule has 0 bridgehead atoms. The summed E-state index contributed by atoms with van der Waals surface area (Å²) in [5, 5.41) is 5.44. The molecule has 1 aliphatic heterocycles. The molecule has 0 aromatic heterocycles. The third kappa shape index (κ3) is 4.27. The van der Waals surface area contributed by atoms with E-state index in [1.54, 1.807) is 18.2 Å². The van der Waals surface area contributed by atoms with Crippen LogP contribution in [0.3, 0.4) is 0 Å². The number of halogens is 2. The van der Waals surface area contributed by atoms with Gasteiger partial charge in [0.05, 0.1) is 19.9 Å². The first kappa shape index (κ1) is 20.1. The Morgan fingerprint density at radius 1 is 1.29 bits per heavy atom. The fourth-order valence-corrected chi connectivity index (χ4v) is 3.72. The number of carbonyl (C=O) groups excluding carboxylic acids is 2. The molecule has 6 nitrogen and oxygen atoms in total. The lowest BCUT2D eigenvalue weighted by Gasteiger charge is -2.29. The third-order valence-corrected chi connectivity index (χ3v) is 5.44. The summed E-state index contributed by atoms with van der Waals surface area (Å²) < 4.78 is 24.4. The van der Waals surface area contributed by atoms with Crippen LogP contribution in [0.1, 0.15) is 12.8 Å². The quantitative estimate of drug-likeness (QED) is 0.713. The van der Waals surface area contributed by atoms with Gasteiger partial charge >= 0.3 is 0 Å². The molecule has 0 spiro atoms. The topological polar surface area (TPSA) is 76.7 Å². The highest BCUT2D eigenvalue weighted by molar-refractivity contribution is 9.10. The fraction of sp³-hybridized carbons (Fsp3) is 0.300. The fourth-order valence-electron chi connectivity index (χ4n) is 3.30. The minimum absolute atomic E-state index is 0.128. The molecular weight excluding hydrogens is 431 g/mol. The van der Waals surface area contributed by atoms with Gasteiger partial charge < -0.3 is 20.1 Å². The van der Waals surface area contributed by atoms with Gasteiger partial charge in [0.15, 0.2) is 11.5 Å². The molecule has 0 saturated heterocycles. The first-order chi connectivity index (χ1) is 13.4. The van der Waals surface area contributed by atoms with Crippen LogP contribution in [-0.2, 0) is 9.59 Å². The van der Waals surface area contributed by atoms with Crippen LogP contribution >= 0.6 is 15.9 Å². The molecule has 0 fully saturated rings. The number of carbonyl (C=O) groups is 2. The summed E-state index contributed by atoms with van der Waals surface area (Å²) in [5.74, 6) is -0.293. The SMILES string of the molecule is COc1cc(Br)c(NC(=O)C2=CNC(=O)C[C@@H]2C2C=CC(F)=CC2)cc1OC. The molecule has 1 unspecified atom stereocenters. The summed E-state index contributed by atoms with van der Waals surface area (Å²) in [6.45, 7) is 0. The zero-order chi connectivity index (χ0) is 20.3. The highest BCUT2D eigenvalue weighted by Gasteiger charge is 2.33. The van der Waals surface area contributed by atoms with E-state index in [-0.39, 0.29) is 35.9 Å². The lowest BCUT2D eigenvalue weighted by molar-refractivity contribution is -0.122. The summed E-state index contributed by atoms with van der Waals surface area (Å²) >= 11 is 3.41. The largest absolute Gasteiger partial charge is 0.493 e. The van der Waals surface area contributed by atoms with Crippen molar-refractivity contribution in [3.05, 3.63) is 52.4 Å². The second-order valence-electron chi connectivity index (χ2n) is 6.47. The Kier molecular flexibility index (Phi) is 6.18. The van der Waals surface area contributed by atoms with Crippen molar-refractivity contribution < 1.29 is 23.5 Å². The number of benzene rings is 1. The number of hydrogen-bond donors (Lipinski definition) is 2. The molecule has 0 saturated carbocycles. The van der Waals surface area contributed by atoms with Gasteiger partial charge in [-0.1, -0.05) is 6.08 Å². The van der Waals surface area contributed by atoms with Gasteiger partial charge in [0, 0.05) is 40.7 Å².